The Balaban J connectivity index is 1.71. The fourth-order valence-corrected chi connectivity index (χ4v) is 2.58. The molecule has 2 N–H and O–H groups in total. The van der Waals surface area contributed by atoms with E-state index in [1.807, 2.05) is 35.9 Å². The molecule has 124 valence electrons. The molecule has 6 heteroatoms. The van der Waals surface area contributed by atoms with E-state index in [1.165, 1.54) is 7.11 Å². The number of para-hydroxylation sites is 2. The van der Waals surface area contributed by atoms with E-state index in [0.717, 1.165) is 16.9 Å². The summed E-state index contributed by atoms with van der Waals surface area (Å²) in [5.41, 5.74) is 2.35. The molecule has 0 saturated heterocycles. The Bertz CT molecular complexity index is 873. The van der Waals surface area contributed by atoms with Crippen molar-refractivity contribution < 1.29 is 14.6 Å². The Morgan fingerprint density at radius 3 is 2.83 bits per heavy atom. The fourth-order valence-electron chi connectivity index (χ4n) is 2.58. The van der Waals surface area contributed by atoms with Gasteiger partial charge in [-0.25, -0.2) is 4.98 Å². The quantitative estimate of drug-likeness (QED) is 0.751. The highest BCUT2D eigenvalue weighted by Crippen LogP contribution is 2.19. The molecule has 1 heterocycles. The van der Waals surface area contributed by atoms with Crippen LogP contribution in [-0.4, -0.2) is 27.7 Å². The van der Waals surface area contributed by atoms with Gasteiger partial charge in [0.15, 0.2) is 6.10 Å². The number of hydrogen-bond acceptors (Lipinski definition) is 4. The molecule has 1 atom stereocenters. The number of benzene rings is 2. The Morgan fingerprint density at radius 1 is 1.29 bits per heavy atom. The van der Waals surface area contributed by atoms with Crippen LogP contribution in [0.4, 0.5) is 0 Å². The van der Waals surface area contributed by atoms with Crippen molar-refractivity contribution in [3.8, 4) is 5.75 Å². The molecule has 6 nitrogen and oxygen atoms in total. The number of aryl methyl sites for hydroxylation is 1. The Hall–Kier alpha value is -2.86. The summed E-state index contributed by atoms with van der Waals surface area (Å²) in [5.74, 6) is 0.840. The van der Waals surface area contributed by atoms with E-state index in [4.69, 9.17) is 4.74 Å². The number of aromatic nitrogens is 2. The number of carbonyl (C=O) groups excluding carboxylic acids is 1. The van der Waals surface area contributed by atoms with Gasteiger partial charge in [0.1, 0.15) is 11.6 Å². The third-order valence-electron chi connectivity index (χ3n) is 3.96. The molecule has 0 saturated carbocycles. The first-order chi connectivity index (χ1) is 11.6. The fraction of sp³-hybridized carbons (Fsp3) is 0.222. The van der Waals surface area contributed by atoms with Gasteiger partial charge in [0.05, 0.1) is 24.7 Å². The summed E-state index contributed by atoms with van der Waals surface area (Å²) in [6, 6.07) is 14.6. The van der Waals surface area contributed by atoms with Crippen molar-refractivity contribution in [2.45, 2.75) is 12.6 Å². The maximum atomic E-state index is 12.2. The largest absolute Gasteiger partial charge is 0.497 e. The van der Waals surface area contributed by atoms with Crippen LogP contribution >= 0.6 is 0 Å². The predicted octanol–water partition coefficient (Wildman–Crippen LogP) is 1.93. The standard InChI is InChI=1S/C18H19N3O3/c1-21-15-9-4-3-8-14(15)20-16(21)11-19-18(23)17(22)12-6-5-7-13(10-12)24-2/h3-10,17,22H,11H2,1-2H3,(H,19,23). The zero-order valence-electron chi connectivity index (χ0n) is 13.6. The number of aliphatic hydroxyl groups excluding tert-OH is 1. The van der Waals surface area contributed by atoms with Crippen molar-refractivity contribution >= 4 is 16.9 Å². The van der Waals surface area contributed by atoms with Gasteiger partial charge in [-0.2, -0.15) is 0 Å². The zero-order chi connectivity index (χ0) is 17.1. The predicted molar refractivity (Wildman–Crippen MR) is 90.5 cm³/mol. The molecule has 0 spiro atoms. The summed E-state index contributed by atoms with van der Waals surface area (Å²) in [4.78, 5) is 16.7. The molecule has 0 aliphatic rings. The molecule has 0 bridgehead atoms. The number of hydrogen-bond donors (Lipinski definition) is 2. The van der Waals surface area contributed by atoms with Gasteiger partial charge in [0.2, 0.25) is 0 Å². The highest BCUT2D eigenvalue weighted by molar-refractivity contribution is 5.82. The average molecular weight is 325 g/mol. The van der Waals surface area contributed by atoms with Crippen molar-refractivity contribution in [3.63, 3.8) is 0 Å². The second-order valence-corrected chi connectivity index (χ2v) is 5.47. The lowest BCUT2D eigenvalue weighted by atomic mass is 10.1. The number of fused-ring (bicyclic) bond motifs is 1. The molecule has 1 aromatic heterocycles. The first kappa shape index (κ1) is 16.0. The van der Waals surface area contributed by atoms with E-state index in [-0.39, 0.29) is 6.54 Å². The number of carbonyl (C=O) groups is 1. The van der Waals surface area contributed by atoms with E-state index in [1.54, 1.807) is 24.3 Å². The van der Waals surface area contributed by atoms with Crippen LogP contribution in [0, 0.1) is 0 Å². The SMILES string of the molecule is COc1cccc(C(O)C(=O)NCc2nc3ccccc3n2C)c1. The van der Waals surface area contributed by atoms with Crippen LogP contribution in [0.15, 0.2) is 48.5 Å². The lowest BCUT2D eigenvalue weighted by Gasteiger charge is -2.12. The van der Waals surface area contributed by atoms with Crippen LogP contribution < -0.4 is 10.1 Å². The van der Waals surface area contributed by atoms with Gasteiger partial charge >= 0.3 is 0 Å². The van der Waals surface area contributed by atoms with Crippen LogP contribution in [-0.2, 0) is 18.4 Å². The Morgan fingerprint density at radius 2 is 2.08 bits per heavy atom. The first-order valence-corrected chi connectivity index (χ1v) is 7.60. The molecule has 0 aliphatic carbocycles. The maximum Gasteiger partial charge on any atom is 0.253 e. The van der Waals surface area contributed by atoms with E-state index >= 15 is 0 Å². The van der Waals surface area contributed by atoms with E-state index in [9.17, 15) is 9.90 Å². The van der Waals surface area contributed by atoms with Gasteiger partial charge in [-0.3, -0.25) is 4.79 Å². The first-order valence-electron chi connectivity index (χ1n) is 7.60. The summed E-state index contributed by atoms with van der Waals surface area (Å²) in [7, 11) is 3.44. The number of amides is 1. The average Bonchev–Trinajstić information content (AvgIpc) is 2.95. The van der Waals surface area contributed by atoms with Crippen molar-refractivity contribution in [1.29, 1.82) is 0 Å². The van der Waals surface area contributed by atoms with Gasteiger partial charge in [-0.15, -0.1) is 0 Å². The van der Waals surface area contributed by atoms with Gasteiger partial charge in [-0.05, 0) is 29.8 Å². The number of nitrogens with zero attached hydrogens (tertiary/aromatic N) is 2. The van der Waals surface area contributed by atoms with Crippen molar-refractivity contribution in [1.82, 2.24) is 14.9 Å². The van der Waals surface area contributed by atoms with Gasteiger partial charge < -0.3 is 19.7 Å². The van der Waals surface area contributed by atoms with Gasteiger partial charge in [0, 0.05) is 7.05 Å². The number of nitrogens with one attached hydrogen (secondary N) is 1. The number of ether oxygens (including phenoxy) is 1. The lowest BCUT2D eigenvalue weighted by molar-refractivity contribution is -0.129. The minimum Gasteiger partial charge on any atom is -0.497 e. The summed E-state index contributed by atoms with van der Waals surface area (Å²) in [6.07, 6.45) is -1.25. The molecule has 0 aliphatic heterocycles. The summed E-state index contributed by atoms with van der Waals surface area (Å²) in [6.45, 7) is 0.241. The number of aliphatic hydroxyl groups is 1. The maximum absolute atomic E-state index is 12.2. The molecule has 0 radical (unpaired) electrons. The third-order valence-corrected chi connectivity index (χ3v) is 3.96. The highest BCUT2D eigenvalue weighted by Gasteiger charge is 2.18. The molecular formula is C18H19N3O3. The van der Waals surface area contributed by atoms with Crippen LogP contribution in [0.5, 0.6) is 5.75 Å². The van der Waals surface area contributed by atoms with Crippen molar-refractivity contribution in [3.05, 3.63) is 59.9 Å². The zero-order valence-corrected chi connectivity index (χ0v) is 13.6. The van der Waals surface area contributed by atoms with E-state index in [0.29, 0.717) is 11.3 Å². The molecule has 3 rings (SSSR count). The van der Waals surface area contributed by atoms with Gasteiger partial charge in [0.25, 0.3) is 5.91 Å². The summed E-state index contributed by atoms with van der Waals surface area (Å²) >= 11 is 0. The van der Waals surface area contributed by atoms with Crippen LogP contribution in [0.1, 0.15) is 17.5 Å². The second kappa shape index (κ2) is 6.72. The van der Waals surface area contributed by atoms with Crippen LogP contribution in [0.3, 0.4) is 0 Å². The molecule has 3 aromatic rings. The normalized spacial score (nSPS) is 12.1. The summed E-state index contributed by atoms with van der Waals surface area (Å²) < 4.78 is 7.03. The molecule has 1 unspecified atom stereocenters. The monoisotopic (exact) mass is 325 g/mol. The topological polar surface area (TPSA) is 76.4 Å². The third kappa shape index (κ3) is 3.09. The minimum atomic E-state index is -1.25. The van der Waals surface area contributed by atoms with Gasteiger partial charge in [-0.1, -0.05) is 24.3 Å². The van der Waals surface area contributed by atoms with E-state index in [2.05, 4.69) is 10.3 Å². The molecular weight excluding hydrogens is 306 g/mol. The van der Waals surface area contributed by atoms with Crippen LogP contribution in [0.2, 0.25) is 0 Å². The second-order valence-electron chi connectivity index (χ2n) is 5.47. The lowest BCUT2D eigenvalue weighted by Crippen LogP contribution is -2.29. The molecule has 1 amide bonds. The number of imidazole rings is 1. The Kier molecular flexibility index (Phi) is 4.48. The smallest absolute Gasteiger partial charge is 0.253 e. The summed E-state index contributed by atoms with van der Waals surface area (Å²) in [5, 5.41) is 12.9. The number of rotatable bonds is 5. The Labute approximate surface area is 139 Å². The highest BCUT2D eigenvalue weighted by atomic mass is 16.5. The van der Waals surface area contributed by atoms with Crippen molar-refractivity contribution in [2.75, 3.05) is 7.11 Å². The molecule has 24 heavy (non-hydrogen) atoms. The molecule has 0 fully saturated rings. The van der Waals surface area contributed by atoms with Crippen LogP contribution in [0.25, 0.3) is 11.0 Å². The minimum absolute atomic E-state index is 0.241. The van der Waals surface area contributed by atoms with E-state index < -0.39 is 12.0 Å². The molecule has 2 aromatic carbocycles. The number of methoxy groups -OCH3 is 1. The van der Waals surface area contributed by atoms with Crippen molar-refractivity contribution in [2.24, 2.45) is 7.05 Å².